The van der Waals surface area contributed by atoms with Crippen LogP contribution < -0.4 is 25.2 Å². The van der Waals surface area contributed by atoms with Gasteiger partial charge < -0.3 is 23.8 Å². The molecular weight excluding hydrogens is 626 g/mol. The Morgan fingerprint density at radius 1 is 0.980 bits per heavy atom. The van der Waals surface area contributed by atoms with Gasteiger partial charge in [0, 0.05) is 68.1 Å². The minimum Gasteiger partial charge on any atom is -0.496 e. The summed E-state index contributed by atoms with van der Waals surface area (Å²) in [6, 6.07) is 11.1. The highest BCUT2D eigenvalue weighted by atomic mass is 16.5. The van der Waals surface area contributed by atoms with Crippen molar-refractivity contribution in [1.82, 2.24) is 29.3 Å². The quantitative estimate of drug-likeness (QED) is 0.296. The second-order valence-corrected chi connectivity index (χ2v) is 13.8. The van der Waals surface area contributed by atoms with Crippen LogP contribution in [-0.4, -0.2) is 88.1 Å². The molecule has 1 atom stereocenters. The molecule has 0 bridgehead atoms. The maximum atomic E-state index is 13.3. The van der Waals surface area contributed by atoms with Crippen LogP contribution in [0, 0.1) is 5.41 Å². The Bertz CT molecular complexity index is 2040. The third kappa shape index (κ3) is 5.23. The molecule has 2 aromatic carbocycles. The fourth-order valence-corrected chi connectivity index (χ4v) is 8.03. The van der Waals surface area contributed by atoms with Crippen LogP contribution in [0.2, 0.25) is 0 Å². The van der Waals surface area contributed by atoms with Gasteiger partial charge in [0.2, 0.25) is 11.8 Å². The second kappa shape index (κ2) is 11.8. The summed E-state index contributed by atoms with van der Waals surface area (Å²) < 4.78 is 15.0. The van der Waals surface area contributed by atoms with E-state index in [0.717, 1.165) is 78.6 Å². The molecule has 254 valence electrons. The van der Waals surface area contributed by atoms with Crippen molar-refractivity contribution in [3.63, 3.8) is 0 Å². The molecule has 49 heavy (non-hydrogen) atoms. The molecule has 3 fully saturated rings. The van der Waals surface area contributed by atoms with Gasteiger partial charge in [-0.25, -0.2) is 4.52 Å². The number of aryl methyl sites for hydroxylation is 1. The Morgan fingerprint density at radius 3 is 2.41 bits per heavy atom. The maximum absolute atomic E-state index is 13.3. The van der Waals surface area contributed by atoms with Crippen molar-refractivity contribution in [2.45, 2.75) is 44.8 Å². The number of aromatic nitrogens is 3. The van der Waals surface area contributed by atoms with E-state index in [0.29, 0.717) is 30.6 Å². The van der Waals surface area contributed by atoms with Gasteiger partial charge in [-0.15, -0.1) is 0 Å². The summed E-state index contributed by atoms with van der Waals surface area (Å²) in [6.07, 6.45) is 6.14. The van der Waals surface area contributed by atoms with Gasteiger partial charge in [0.15, 0.2) is 0 Å². The van der Waals surface area contributed by atoms with E-state index in [1.165, 1.54) is 0 Å². The number of benzene rings is 2. The topological polar surface area (TPSA) is 131 Å². The highest BCUT2D eigenvalue weighted by Crippen LogP contribution is 2.44. The van der Waals surface area contributed by atoms with Crippen molar-refractivity contribution in [1.29, 1.82) is 0 Å². The van der Waals surface area contributed by atoms with Gasteiger partial charge in [0.1, 0.15) is 23.1 Å². The van der Waals surface area contributed by atoms with E-state index in [2.05, 4.69) is 26.3 Å². The summed E-state index contributed by atoms with van der Waals surface area (Å²) >= 11 is 0. The number of anilines is 1. The predicted octanol–water partition coefficient (Wildman–Crippen LogP) is 2.58. The van der Waals surface area contributed by atoms with Crippen molar-refractivity contribution in [2.24, 2.45) is 12.5 Å². The van der Waals surface area contributed by atoms with Crippen LogP contribution in [0.3, 0.4) is 0 Å². The molecule has 3 amide bonds. The van der Waals surface area contributed by atoms with Crippen LogP contribution in [0.15, 0.2) is 53.6 Å². The van der Waals surface area contributed by atoms with Gasteiger partial charge in [-0.1, -0.05) is 6.07 Å². The maximum Gasteiger partial charge on any atom is 0.276 e. The number of fused-ring (bicyclic) bond motifs is 2. The number of carbonyl (C=O) groups excluding carboxylic acids is 3. The average Bonchev–Trinajstić information content (AvgIpc) is 3.71. The van der Waals surface area contributed by atoms with Crippen LogP contribution in [-0.2, 0) is 29.7 Å². The molecule has 4 aliphatic rings. The Labute approximate surface area is 283 Å². The van der Waals surface area contributed by atoms with Crippen LogP contribution in [0.1, 0.15) is 47.2 Å². The number of likely N-dealkylation sites (tertiary alicyclic amines) is 1. The normalized spacial score (nSPS) is 20.5. The van der Waals surface area contributed by atoms with Crippen LogP contribution in [0.25, 0.3) is 16.8 Å². The molecule has 13 nitrogen and oxygen atoms in total. The summed E-state index contributed by atoms with van der Waals surface area (Å²) in [4.78, 5) is 56.4. The van der Waals surface area contributed by atoms with E-state index in [4.69, 9.17) is 9.47 Å². The molecule has 8 rings (SSSR count). The lowest BCUT2D eigenvalue weighted by Gasteiger charge is -2.55. The van der Waals surface area contributed by atoms with Gasteiger partial charge in [0.25, 0.3) is 11.5 Å². The molecule has 1 N–H and O–H groups in total. The molecule has 1 unspecified atom stereocenters. The molecule has 13 heteroatoms. The molecule has 4 aromatic rings. The van der Waals surface area contributed by atoms with Crippen LogP contribution in [0.5, 0.6) is 11.5 Å². The second-order valence-electron chi connectivity index (χ2n) is 13.8. The number of hydrogen-bond acceptors (Lipinski definition) is 9. The zero-order chi connectivity index (χ0) is 34.0. The van der Waals surface area contributed by atoms with Crippen LogP contribution in [0.4, 0.5) is 5.69 Å². The molecule has 1 spiro atoms. The first-order valence-electron chi connectivity index (χ1n) is 16.7. The van der Waals surface area contributed by atoms with E-state index in [1.807, 2.05) is 24.3 Å². The highest BCUT2D eigenvalue weighted by Gasteiger charge is 2.46. The molecule has 4 aliphatic heterocycles. The number of carbonyl (C=O) groups is 3. The number of hydrogen-bond donors (Lipinski definition) is 1. The highest BCUT2D eigenvalue weighted by molar-refractivity contribution is 6.05. The first-order chi connectivity index (χ1) is 23.7. The van der Waals surface area contributed by atoms with Gasteiger partial charge >= 0.3 is 0 Å². The number of ether oxygens (including phenoxy) is 2. The summed E-state index contributed by atoms with van der Waals surface area (Å²) in [5.41, 5.74) is 5.80. The lowest BCUT2D eigenvalue weighted by Crippen LogP contribution is -2.60. The Morgan fingerprint density at radius 2 is 1.71 bits per heavy atom. The third-order valence-electron chi connectivity index (χ3n) is 10.9. The van der Waals surface area contributed by atoms with Crippen LogP contribution >= 0.6 is 0 Å². The van der Waals surface area contributed by atoms with Crippen molar-refractivity contribution < 1.29 is 23.9 Å². The Balaban J connectivity index is 0.925. The minimum atomic E-state index is -0.607. The van der Waals surface area contributed by atoms with E-state index in [9.17, 15) is 19.2 Å². The Kier molecular flexibility index (Phi) is 7.47. The number of amides is 3. The molecule has 2 aromatic heterocycles. The number of imide groups is 1. The van der Waals surface area contributed by atoms with E-state index in [1.54, 1.807) is 53.7 Å². The number of methoxy groups -OCH3 is 2. The van der Waals surface area contributed by atoms with Crippen molar-refractivity contribution in [2.75, 3.05) is 45.3 Å². The summed E-state index contributed by atoms with van der Waals surface area (Å²) in [7, 11) is 5.07. The van der Waals surface area contributed by atoms with Crippen molar-refractivity contribution in [3.8, 4) is 22.8 Å². The van der Waals surface area contributed by atoms with Crippen molar-refractivity contribution in [3.05, 3.63) is 75.8 Å². The van der Waals surface area contributed by atoms with Gasteiger partial charge in [-0.2, -0.15) is 5.10 Å². The number of rotatable bonds is 7. The van der Waals surface area contributed by atoms with E-state index >= 15 is 0 Å². The number of nitrogens with one attached hydrogen (secondary N) is 1. The third-order valence-corrected chi connectivity index (χ3v) is 10.9. The lowest BCUT2D eigenvalue weighted by molar-refractivity contribution is -0.136. The summed E-state index contributed by atoms with van der Waals surface area (Å²) in [5.74, 6) is 0.634. The molecule has 0 aliphatic carbocycles. The molecule has 3 saturated heterocycles. The SMILES string of the molecule is COc1cc(-c2cn(C)c(=O)c3ccnn23)cc(OC)c1CN1CCC2(CC1)CN(c1ccc3c(c1)C(=O)N(C1CCC(=O)NC1=O)C3)C2. The zero-order valence-electron chi connectivity index (χ0n) is 27.9. The predicted molar refractivity (Wildman–Crippen MR) is 181 cm³/mol. The number of nitrogens with zero attached hydrogens (tertiary/aromatic N) is 6. The lowest BCUT2D eigenvalue weighted by atomic mass is 9.71. The molecular formula is C36H39N7O6. The first-order valence-corrected chi connectivity index (χ1v) is 16.7. The van der Waals surface area contributed by atoms with Crippen molar-refractivity contribution >= 4 is 28.9 Å². The standard InChI is InChI=1S/C36H39N7O6/c1-39-19-29(43-28(35(39)47)8-11-37-43)23-14-30(48-2)26(31(15-23)49-3)18-40-12-9-36(10-13-40)20-41(21-36)24-5-4-22-17-42(34(46)25(22)16-24)27-6-7-32(44)38-33(27)45/h4-5,8,11,14-16,19,27H,6-7,9-10,12-13,17-18,20-21H2,1-3H3,(H,38,44,45). The largest absolute Gasteiger partial charge is 0.496 e. The Hall–Kier alpha value is -5.17. The van der Waals surface area contributed by atoms with Gasteiger partial charge in [-0.05, 0) is 68.2 Å². The fourth-order valence-electron chi connectivity index (χ4n) is 8.03. The monoisotopic (exact) mass is 665 g/mol. The number of piperidine rings is 2. The van der Waals surface area contributed by atoms with Gasteiger partial charge in [0.05, 0.1) is 31.7 Å². The average molecular weight is 666 g/mol. The smallest absolute Gasteiger partial charge is 0.276 e. The summed E-state index contributed by atoms with van der Waals surface area (Å²) in [6.45, 7) is 4.84. The first kappa shape index (κ1) is 31.1. The van der Waals surface area contributed by atoms with Gasteiger partial charge in [-0.3, -0.25) is 29.4 Å². The van der Waals surface area contributed by atoms with E-state index in [-0.39, 0.29) is 35.1 Å². The van der Waals surface area contributed by atoms with E-state index < -0.39 is 6.04 Å². The summed E-state index contributed by atoms with van der Waals surface area (Å²) in [5, 5.41) is 6.76. The molecule has 6 heterocycles. The molecule has 0 saturated carbocycles. The zero-order valence-corrected chi connectivity index (χ0v) is 27.9. The minimum absolute atomic E-state index is 0.116. The fraction of sp³-hybridized carbons (Fsp3) is 0.417. The molecule has 0 radical (unpaired) electrons.